The van der Waals surface area contributed by atoms with Crippen molar-refractivity contribution in [3.63, 3.8) is 0 Å². The summed E-state index contributed by atoms with van der Waals surface area (Å²) in [5.74, 6) is 1.20. The van der Waals surface area contributed by atoms with Gasteiger partial charge in [0, 0.05) is 78.6 Å². The van der Waals surface area contributed by atoms with Gasteiger partial charge in [-0.1, -0.05) is 92.7 Å². The molecule has 242 valence electrons. The summed E-state index contributed by atoms with van der Waals surface area (Å²) in [6.07, 6.45) is 3.64. The predicted molar refractivity (Wildman–Crippen MR) is 192 cm³/mol. The number of hydrogen-bond donors (Lipinski definition) is 0. The molecular formula is C43H31N4OPt-3. The summed E-state index contributed by atoms with van der Waals surface area (Å²) in [7, 11) is 0. The van der Waals surface area contributed by atoms with Crippen LogP contribution in [0.2, 0.25) is 0 Å². The third kappa shape index (κ3) is 5.17. The van der Waals surface area contributed by atoms with E-state index in [1.807, 2.05) is 42.6 Å². The molecule has 0 amide bonds. The molecule has 0 atom stereocenters. The van der Waals surface area contributed by atoms with E-state index in [0.717, 1.165) is 22.7 Å². The van der Waals surface area contributed by atoms with E-state index in [2.05, 4.69) is 145 Å². The summed E-state index contributed by atoms with van der Waals surface area (Å²) in [4.78, 5) is 4.56. The van der Waals surface area contributed by atoms with Gasteiger partial charge in [-0.05, 0) is 46.1 Å². The van der Waals surface area contributed by atoms with Crippen LogP contribution in [0.4, 0.5) is 22.7 Å². The molecule has 0 bridgehead atoms. The molecule has 1 aromatic heterocycles. The summed E-state index contributed by atoms with van der Waals surface area (Å²) < 4.78 is 8.07. The second-order valence-electron chi connectivity index (χ2n) is 12.6. The van der Waals surface area contributed by atoms with Gasteiger partial charge in [0.05, 0.1) is 0 Å². The molecule has 1 aliphatic carbocycles. The fourth-order valence-electron chi connectivity index (χ4n) is 7.15. The summed E-state index contributed by atoms with van der Waals surface area (Å²) in [5, 5.41) is 4.33. The number of hydrogen-bond acceptors (Lipinski definition) is 4. The number of nitrogens with zero attached hydrogens (tertiary/aromatic N) is 4. The molecular weight excluding hydrogens is 784 g/mol. The van der Waals surface area contributed by atoms with E-state index in [1.54, 1.807) is 10.9 Å². The summed E-state index contributed by atoms with van der Waals surface area (Å²) in [6.45, 7) is 6.86. The average molecular weight is 815 g/mol. The third-order valence-corrected chi connectivity index (χ3v) is 9.42. The number of benzene rings is 6. The van der Waals surface area contributed by atoms with Gasteiger partial charge in [-0.15, -0.1) is 48.8 Å². The molecule has 0 unspecified atom stereocenters. The largest absolute Gasteiger partial charge is 0.509 e. The van der Waals surface area contributed by atoms with E-state index < -0.39 is 0 Å². The van der Waals surface area contributed by atoms with E-state index in [0.29, 0.717) is 11.5 Å². The average Bonchev–Trinajstić information content (AvgIpc) is 3.86. The molecule has 0 fully saturated rings. The Balaban J connectivity index is 0.00000348. The molecule has 0 radical (unpaired) electrons. The van der Waals surface area contributed by atoms with Crippen LogP contribution in [0.1, 0.15) is 25.0 Å². The van der Waals surface area contributed by atoms with Gasteiger partial charge in [-0.25, -0.2) is 0 Å². The Labute approximate surface area is 301 Å². The van der Waals surface area contributed by atoms with Crippen molar-refractivity contribution in [2.24, 2.45) is 0 Å². The molecule has 7 aromatic rings. The monoisotopic (exact) mass is 814 g/mol. The SMILES string of the molecule is CC1(C)c2ccccc2-c2c1ccc(-c1ccccc1)c2N1[CH-]N(c2[c-]c(Oc3[c-]c(-n4cccn4)ccc3)ccc2)c2ccccc21.[Pt]. The normalized spacial score (nSPS) is 13.8. The molecule has 0 saturated carbocycles. The van der Waals surface area contributed by atoms with Crippen LogP contribution < -0.4 is 14.5 Å². The molecule has 0 spiro atoms. The number of para-hydroxylation sites is 2. The molecule has 2 aliphatic rings. The fraction of sp³-hybridized carbons (Fsp3) is 0.0698. The smallest absolute Gasteiger partial charge is 0.0493 e. The second kappa shape index (κ2) is 12.3. The molecule has 6 aromatic carbocycles. The third-order valence-electron chi connectivity index (χ3n) is 9.42. The van der Waals surface area contributed by atoms with E-state index >= 15 is 0 Å². The van der Waals surface area contributed by atoms with Crippen LogP contribution in [0.15, 0.2) is 146 Å². The Hall–Kier alpha value is -5.38. The Morgan fingerprint density at radius 1 is 0.612 bits per heavy atom. The zero-order chi connectivity index (χ0) is 32.2. The topological polar surface area (TPSA) is 33.5 Å². The molecule has 5 nitrogen and oxygen atoms in total. The molecule has 49 heavy (non-hydrogen) atoms. The van der Waals surface area contributed by atoms with E-state index in [4.69, 9.17) is 4.74 Å². The van der Waals surface area contributed by atoms with Crippen LogP contribution >= 0.6 is 0 Å². The Morgan fingerprint density at radius 2 is 1.29 bits per heavy atom. The molecule has 0 saturated heterocycles. The first-order chi connectivity index (χ1) is 23.6. The van der Waals surface area contributed by atoms with Gasteiger partial charge >= 0.3 is 0 Å². The van der Waals surface area contributed by atoms with Gasteiger partial charge in [-0.2, -0.15) is 17.2 Å². The Morgan fingerprint density at radius 3 is 2.04 bits per heavy atom. The molecule has 9 rings (SSSR count). The number of fused-ring (bicyclic) bond motifs is 4. The van der Waals surface area contributed by atoms with Crippen LogP contribution in [0.3, 0.4) is 0 Å². The number of aromatic nitrogens is 2. The number of ether oxygens (including phenoxy) is 1. The second-order valence-corrected chi connectivity index (χ2v) is 12.6. The minimum Gasteiger partial charge on any atom is -0.509 e. The fourth-order valence-corrected chi connectivity index (χ4v) is 7.15. The molecule has 1 aliphatic heterocycles. The van der Waals surface area contributed by atoms with Crippen molar-refractivity contribution in [1.82, 2.24) is 9.78 Å². The van der Waals surface area contributed by atoms with Crippen molar-refractivity contribution >= 4 is 22.7 Å². The maximum Gasteiger partial charge on any atom is 0.0493 e. The summed E-state index contributed by atoms with van der Waals surface area (Å²) >= 11 is 0. The molecule has 2 heterocycles. The molecule has 0 N–H and O–H groups in total. The zero-order valence-corrected chi connectivity index (χ0v) is 29.2. The van der Waals surface area contributed by atoms with Gasteiger partial charge < -0.3 is 14.5 Å². The Bertz CT molecular complexity index is 2300. The van der Waals surface area contributed by atoms with Gasteiger partial charge in [0.15, 0.2) is 0 Å². The van der Waals surface area contributed by atoms with Crippen molar-refractivity contribution in [2.45, 2.75) is 19.3 Å². The minimum atomic E-state index is -0.125. The maximum atomic E-state index is 6.31. The Kier molecular flexibility index (Phi) is 7.73. The van der Waals surface area contributed by atoms with Gasteiger partial charge in [0.2, 0.25) is 0 Å². The van der Waals surface area contributed by atoms with Crippen LogP contribution in [-0.2, 0) is 26.5 Å². The van der Waals surface area contributed by atoms with Crippen LogP contribution in [0.5, 0.6) is 11.5 Å². The zero-order valence-electron chi connectivity index (χ0n) is 26.9. The van der Waals surface area contributed by atoms with Crippen molar-refractivity contribution in [1.29, 1.82) is 0 Å². The van der Waals surface area contributed by atoms with Crippen molar-refractivity contribution in [3.05, 3.63) is 176 Å². The first kappa shape index (κ1) is 30.9. The first-order valence-electron chi connectivity index (χ1n) is 16.1. The van der Waals surface area contributed by atoms with E-state index in [1.165, 1.54) is 39.1 Å². The summed E-state index contributed by atoms with van der Waals surface area (Å²) in [5.41, 5.74) is 12.5. The van der Waals surface area contributed by atoms with Gasteiger partial charge in [0.25, 0.3) is 0 Å². The van der Waals surface area contributed by atoms with E-state index in [-0.39, 0.29) is 26.5 Å². The van der Waals surface area contributed by atoms with Crippen molar-refractivity contribution in [2.75, 3.05) is 9.80 Å². The van der Waals surface area contributed by atoms with Gasteiger partial charge in [-0.3, -0.25) is 4.68 Å². The van der Waals surface area contributed by atoms with Crippen molar-refractivity contribution < 1.29 is 25.8 Å². The van der Waals surface area contributed by atoms with Crippen LogP contribution in [-0.4, -0.2) is 9.78 Å². The number of rotatable bonds is 6. The number of anilines is 4. The maximum absolute atomic E-state index is 6.31. The summed E-state index contributed by atoms with van der Waals surface area (Å²) in [6, 6.07) is 53.3. The standard InChI is InChI=1S/C43H31N4O.Pt/c1-43(2)37-20-7-6-19-36(37)41-38(43)24-23-35(30-13-4-3-5-14-30)42(41)46-29-45(39-21-8-9-22-40(39)46)31-15-10-17-33(27-31)48-34-18-11-16-32(28-34)47-26-12-25-44-47;/h3-26,29H,1-2H3;/q-3;. The van der Waals surface area contributed by atoms with E-state index in [9.17, 15) is 0 Å². The van der Waals surface area contributed by atoms with Crippen LogP contribution in [0, 0.1) is 18.8 Å². The van der Waals surface area contributed by atoms with Crippen LogP contribution in [0.25, 0.3) is 27.9 Å². The molecule has 6 heteroatoms. The van der Waals surface area contributed by atoms with Crippen molar-refractivity contribution in [3.8, 4) is 39.4 Å². The van der Waals surface area contributed by atoms with Gasteiger partial charge in [0.1, 0.15) is 0 Å². The quantitative estimate of drug-likeness (QED) is 0.157. The minimum absolute atomic E-state index is 0. The first-order valence-corrected chi connectivity index (χ1v) is 16.1. The predicted octanol–water partition coefficient (Wildman–Crippen LogP) is 10.6.